The molecule has 8 rings (SSSR count). The van der Waals surface area contributed by atoms with Crippen molar-refractivity contribution >= 4 is 79.0 Å². The molecular formula is C41H43ClN10O4. The highest BCUT2D eigenvalue weighted by molar-refractivity contribution is 6.17. The molecule has 15 heteroatoms. The fraction of sp³-hybridized carbons (Fsp3) is 0.220. The largest absolute Gasteiger partial charge is 0.494 e. The number of nitrogens with zero attached hydrogens (tertiary/aromatic N) is 6. The molecule has 0 aliphatic heterocycles. The van der Waals surface area contributed by atoms with E-state index in [2.05, 4.69) is 50.5 Å². The molecule has 0 unspecified atom stereocenters. The number of benzene rings is 4. The molecule has 0 bridgehead atoms. The van der Waals surface area contributed by atoms with Crippen molar-refractivity contribution in [3.63, 3.8) is 0 Å². The zero-order valence-corrected chi connectivity index (χ0v) is 32.9. The molecule has 0 amide bonds. The summed E-state index contributed by atoms with van der Waals surface area (Å²) < 4.78 is 10.6. The first-order valence-electron chi connectivity index (χ1n) is 18.2. The van der Waals surface area contributed by atoms with Crippen molar-refractivity contribution in [2.24, 2.45) is 0 Å². The number of anilines is 4. The summed E-state index contributed by atoms with van der Waals surface area (Å²) in [5, 5.41) is 8.80. The number of halogens is 1. The van der Waals surface area contributed by atoms with E-state index < -0.39 is 0 Å². The molecule has 0 spiro atoms. The Morgan fingerprint density at radius 1 is 0.554 bits per heavy atom. The van der Waals surface area contributed by atoms with E-state index in [0.29, 0.717) is 57.8 Å². The minimum absolute atomic E-state index is 0.00906. The van der Waals surface area contributed by atoms with E-state index in [1.165, 1.54) is 0 Å². The van der Waals surface area contributed by atoms with Gasteiger partial charge in [0.05, 0.1) is 50.8 Å². The summed E-state index contributed by atoms with van der Waals surface area (Å²) >= 11 is 5.55. The first kappa shape index (κ1) is 40.5. The zero-order chi connectivity index (χ0) is 40.2. The van der Waals surface area contributed by atoms with Crippen LogP contribution in [-0.4, -0.2) is 52.5 Å². The number of H-pyrrole nitrogens is 2. The Hall–Kier alpha value is -6.67. The summed E-state index contributed by atoms with van der Waals surface area (Å²) in [5.74, 6) is 2.46. The number of fused-ring (bicyclic) bond motifs is 4. The van der Waals surface area contributed by atoms with Crippen LogP contribution in [0.4, 0.5) is 23.8 Å². The molecule has 0 radical (unpaired) electrons. The highest BCUT2D eigenvalue weighted by Crippen LogP contribution is 2.22. The van der Waals surface area contributed by atoms with Gasteiger partial charge in [0, 0.05) is 10.8 Å². The molecule has 0 saturated carbocycles. The number of hydrogen-bond acceptors (Lipinski definition) is 12. The predicted octanol–water partition coefficient (Wildman–Crippen LogP) is 8.86. The second-order valence-corrected chi connectivity index (χ2v) is 11.6. The molecule has 0 aliphatic carbocycles. The van der Waals surface area contributed by atoms with Crippen LogP contribution in [0.15, 0.2) is 94.5 Å². The van der Waals surface area contributed by atoms with Gasteiger partial charge in [-0.2, -0.15) is 0 Å². The number of aryl methyl sites for hydroxylation is 2. The van der Waals surface area contributed by atoms with Crippen molar-refractivity contribution in [3.05, 3.63) is 117 Å². The van der Waals surface area contributed by atoms with Gasteiger partial charge in [0.1, 0.15) is 11.5 Å². The Kier molecular flexibility index (Phi) is 13.8. The monoisotopic (exact) mass is 774 g/mol. The molecule has 4 N–H and O–H groups in total. The molecule has 56 heavy (non-hydrogen) atoms. The number of hydrogen-bond donors (Lipinski definition) is 4. The number of ether oxygens (including phenoxy) is 2. The van der Waals surface area contributed by atoms with Gasteiger partial charge >= 0.3 is 0 Å². The summed E-state index contributed by atoms with van der Waals surface area (Å²) in [6, 6.07) is 25.7. The van der Waals surface area contributed by atoms with Gasteiger partial charge in [0.25, 0.3) is 11.1 Å². The first-order chi connectivity index (χ1) is 27.3. The van der Waals surface area contributed by atoms with Gasteiger partial charge in [0.2, 0.25) is 23.8 Å². The Labute approximate surface area is 327 Å². The van der Waals surface area contributed by atoms with Crippen LogP contribution in [-0.2, 0) is 0 Å². The van der Waals surface area contributed by atoms with Crippen LogP contribution < -0.4 is 31.2 Å². The van der Waals surface area contributed by atoms with Crippen LogP contribution >= 0.6 is 11.6 Å². The number of aromatic nitrogens is 8. The van der Waals surface area contributed by atoms with Crippen molar-refractivity contribution in [1.29, 1.82) is 0 Å². The standard InChI is InChI=1S/C19H17N5O2.C18H14ClN5O2.2C2H6/c1-3-26-12-8-9-16-14(10-12)17(25)23-19(22-16)24-18-20-11(2)13-6-4-5-7-15(13)21-18;1-10-12-4-2-3-5-14(12)21-17(20-10)24-18-22-15-7-6-11(26-9-19)8-13(15)16(25)23-18;2*1-2/h4-10H,3H2,1-2H3,(H2,20,21,22,23,24,25);2-8H,9H2,1H3,(H2,20,21,22,23,24,25);2*1-2H3. The van der Waals surface area contributed by atoms with Crippen molar-refractivity contribution in [2.45, 2.75) is 48.5 Å². The summed E-state index contributed by atoms with van der Waals surface area (Å²) in [7, 11) is 0. The minimum atomic E-state index is -0.296. The third-order valence-corrected chi connectivity index (χ3v) is 8.04. The summed E-state index contributed by atoms with van der Waals surface area (Å²) in [5.41, 5.74) is 3.87. The Bertz CT molecular complexity index is 2530. The van der Waals surface area contributed by atoms with Crippen molar-refractivity contribution in [1.82, 2.24) is 39.9 Å². The molecule has 0 fully saturated rings. The van der Waals surface area contributed by atoms with Crippen LogP contribution in [0, 0.1) is 13.8 Å². The fourth-order valence-electron chi connectivity index (χ4n) is 5.56. The normalized spacial score (nSPS) is 10.4. The lowest BCUT2D eigenvalue weighted by Gasteiger charge is -2.08. The van der Waals surface area contributed by atoms with Gasteiger partial charge in [-0.1, -0.05) is 75.7 Å². The lowest BCUT2D eigenvalue weighted by molar-refractivity contribution is 0.340. The fourth-order valence-corrected chi connectivity index (χ4v) is 5.68. The molecule has 4 heterocycles. The van der Waals surface area contributed by atoms with E-state index in [9.17, 15) is 9.59 Å². The Balaban J connectivity index is 0.000000197. The summed E-state index contributed by atoms with van der Waals surface area (Å²) in [4.78, 5) is 56.8. The molecule has 0 aliphatic rings. The SMILES string of the molecule is CC.CC.CCOc1ccc2nc(Nc3nc(C)c4ccccc4n3)[nH]c(=O)c2c1.Cc1nc(Nc2nc3ccc(OCCl)cc3c(=O)[nH]2)nc2ccccc12. The van der Waals surface area contributed by atoms with Crippen molar-refractivity contribution in [3.8, 4) is 11.5 Å². The Morgan fingerprint density at radius 2 is 0.964 bits per heavy atom. The van der Waals surface area contributed by atoms with Gasteiger partial charge in [0.15, 0.2) is 6.07 Å². The lowest BCUT2D eigenvalue weighted by Crippen LogP contribution is -2.12. The van der Waals surface area contributed by atoms with E-state index in [1.54, 1.807) is 36.4 Å². The maximum Gasteiger partial charge on any atom is 0.260 e. The quantitative estimate of drug-likeness (QED) is 0.108. The molecule has 288 valence electrons. The highest BCUT2D eigenvalue weighted by atomic mass is 35.5. The molecule has 4 aromatic heterocycles. The van der Waals surface area contributed by atoms with E-state index in [4.69, 9.17) is 21.1 Å². The van der Waals surface area contributed by atoms with Crippen molar-refractivity contribution in [2.75, 3.05) is 23.3 Å². The van der Waals surface area contributed by atoms with Gasteiger partial charge in [-0.25, -0.2) is 29.9 Å². The molecule has 14 nitrogen and oxygen atoms in total. The highest BCUT2D eigenvalue weighted by Gasteiger charge is 2.11. The molecule has 8 aromatic rings. The van der Waals surface area contributed by atoms with Crippen LogP contribution in [0.25, 0.3) is 43.6 Å². The van der Waals surface area contributed by atoms with E-state index in [-0.39, 0.29) is 23.1 Å². The number of para-hydroxylation sites is 2. The molecule has 0 atom stereocenters. The Morgan fingerprint density at radius 3 is 1.39 bits per heavy atom. The average molecular weight is 775 g/mol. The number of aromatic amines is 2. The van der Waals surface area contributed by atoms with Crippen molar-refractivity contribution < 1.29 is 9.47 Å². The van der Waals surface area contributed by atoms with Crippen LogP contribution in [0.3, 0.4) is 0 Å². The number of rotatable bonds is 8. The van der Waals surface area contributed by atoms with Crippen LogP contribution in [0.1, 0.15) is 46.0 Å². The number of alkyl halides is 1. The third-order valence-electron chi connectivity index (χ3n) is 7.93. The molecular weight excluding hydrogens is 732 g/mol. The third kappa shape index (κ3) is 9.51. The predicted molar refractivity (Wildman–Crippen MR) is 225 cm³/mol. The van der Waals surface area contributed by atoms with Gasteiger partial charge in [-0.15, -0.1) is 0 Å². The molecule has 4 aromatic carbocycles. The van der Waals surface area contributed by atoms with Gasteiger partial charge in [-0.05, 0) is 69.3 Å². The second-order valence-electron chi connectivity index (χ2n) is 11.4. The smallest absolute Gasteiger partial charge is 0.260 e. The van der Waals surface area contributed by atoms with Crippen LogP contribution in [0.5, 0.6) is 11.5 Å². The second kappa shape index (κ2) is 19.1. The topological polar surface area (TPSA) is 186 Å². The minimum Gasteiger partial charge on any atom is -0.494 e. The molecule has 0 saturated heterocycles. The van der Waals surface area contributed by atoms with E-state index in [0.717, 1.165) is 33.2 Å². The van der Waals surface area contributed by atoms with E-state index in [1.807, 2.05) is 97.0 Å². The summed E-state index contributed by atoms with van der Waals surface area (Å²) in [6.45, 7) is 14.3. The number of nitrogens with one attached hydrogen (secondary N) is 4. The average Bonchev–Trinajstić information content (AvgIpc) is 3.20. The van der Waals surface area contributed by atoms with E-state index >= 15 is 0 Å². The van der Waals surface area contributed by atoms with Crippen LogP contribution in [0.2, 0.25) is 0 Å². The van der Waals surface area contributed by atoms with Gasteiger partial charge in [-0.3, -0.25) is 30.2 Å². The first-order valence-corrected chi connectivity index (χ1v) is 18.7. The maximum absolute atomic E-state index is 12.4. The lowest BCUT2D eigenvalue weighted by atomic mass is 10.2. The van der Waals surface area contributed by atoms with Gasteiger partial charge < -0.3 is 9.47 Å². The summed E-state index contributed by atoms with van der Waals surface area (Å²) in [6.07, 6.45) is 0. The maximum atomic E-state index is 12.4. The zero-order valence-electron chi connectivity index (χ0n) is 32.2.